The highest BCUT2D eigenvalue weighted by atomic mass is 32.2. The van der Waals surface area contributed by atoms with Gasteiger partial charge in [0.1, 0.15) is 10.6 Å². The maximum absolute atomic E-state index is 12.2. The van der Waals surface area contributed by atoms with E-state index in [9.17, 15) is 13.2 Å². The lowest BCUT2D eigenvalue weighted by molar-refractivity contribution is 0.101. The Morgan fingerprint density at radius 3 is 2.52 bits per heavy atom. The molecule has 0 saturated carbocycles. The predicted octanol–water partition coefficient (Wildman–Crippen LogP) is 2.53. The molecule has 2 aromatic carbocycles. The zero-order valence-corrected chi connectivity index (χ0v) is 11.9. The summed E-state index contributed by atoms with van der Waals surface area (Å²) < 4.78 is 29.3. The lowest BCUT2D eigenvalue weighted by Crippen LogP contribution is -2.10. The Morgan fingerprint density at radius 1 is 1.14 bits per heavy atom. The second-order valence-corrected chi connectivity index (χ2v) is 5.81. The molecule has 0 aliphatic carbocycles. The highest BCUT2D eigenvalue weighted by Gasteiger charge is 2.18. The maximum atomic E-state index is 12.2. The average Bonchev–Trinajstić information content (AvgIpc) is 2.47. The lowest BCUT2D eigenvalue weighted by atomic mass is 10.2. The molecule has 0 aromatic heterocycles. The molecule has 106 valence electrons. The van der Waals surface area contributed by atoms with Crippen LogP contribution in [0.25, 0.3) is 0 Å². The highest BCUT2D eigenvalue weighted by molar-refractivity contribution is 7.87. The summed E-state index contributed by atoms with van der Waals surface area (Å²) in [6.07, 6.45) is 0. The third-order valence-corrected chi connectivity index (χ3v) is 3.94. The van der Waals surface area contributed by atoms with Crippen LogP contribution in [0.1, 0.15) is 22.8 Å². The quantitative estimate of drug-likeness (QED) is 0.640. The van der Waals surface area contributed by atoms with Gasteiger partial charge in [0.15, 0.2) is 5.78 Å². The van der Waals surface area contributed by atoms with E-state index in [1.54, 1.807) is 0 Å². The molecule has 0 radical (unpaired) electrons. The van der Waals surface area contributed by atoms with Crippen LogP contribution in [0.15, 0.2) is 53.4 Å². The first-order chi connectivity index (χ1) is 9.92. The Balaban J connectivity index is 2.36. The number of carbonyl (C=O) groups excluding carboxylic acids is 1. The van der Waals surface area contributed by atoms with E-state index in [1.807, 2.05) is 6.07 Å². The van der Waals surface area contributed by atoms with Gasteiger partial charge in [-0.15, -0.1) is 0 Å². The maximum Gasteiger partial charge on any atom is 0.339 e. The highest BCUT2D eigenvalue weighted by Crippen LogP contribution is 2.20. The lowest BCUT2D eigenvalue weighted by Gasteiger charge is -2.08. The van der Waals surface area contributed by atoms with Gasteiger partial charge in [-0.1, -0.05) is 18.2 Å². The van der Waals surface area contributed by atoms with Crippen molar-refractivity contribution in [2.75, 3.05) is 0 Å². The van der Waals surface area contributed by atoms with Gasteiger partial charge in [-0.05, 0) is 37.3 Å². The van der Waals surface area contributed by atoms with E-state index in [1.165, 1.54) is 55.5 Å². The number of hydrogen-bond donors (Lipinski definition) is 0. The van der Waals surface area contributed by atoms with Crippen LogP contribution in [-0.4, -0.2) is 14.2 Å². The summed E-state index contributed by atoms with van der Waals surface area (Å²) in [6.45, 7) is 1.35. The van der Waals surface area contributed by atoms with Gasteiger partial charge in [0, 0.05) is 5.56 Å². The number of nitrogens with zero attached hydrogens (tertiary/aromatic N) is 1. The van der Waals surface area contributed by atoms with Gasteiger partial charge in [0.05, 0.1) is 11.6 Å². The minimum Gasteiger partial charge on any atom is -0.379 e. The standard InChI is InChI=1S/C15H11NO4S/c1-11(17)13-5-3-7-15(9-13)21(18,19)20-14-6-2-4-12(8-14)10-16/h2-9H,1H3. The number of nitriles is 1. The summed E-state index contributed by atoms with van der Waals surface area (Å²) in [5.41, 5.74) is 0.575. The zero-order chi connectivity index (χ0) is 15.5. The van der Waals surface area contributed by atoms with Gasteiger partial charge in [-0.2, -0.15) is 13.7 Å². The predicted molar refractivity (Wildman–Crippen MR) is 75.4 cm³/mol. The van der Waals surface area contributed by atoms with E-state index in [4.69, 9.17) is 9.44 Å². The monoisotopic (exact) mass is 301 g/mol. The molecule has 0 N–H and O–H groups in total. The van der Waals surface area contributed by atoms with Gasteiger partial charge in [-0.25, -0.2) is 0 Å². The third kappa shape index (κ3) is 3.46. The van der Waals surface area contributed by atoms with E-state index in [0.717, 1.165) is 0 Å². The minimum absolute atomic E-state index is 0.0438. The van der Waals surface area contributed by atoms with Crippen molar-refractivity contribution in [2.45, 2.75) is 11.8 Å². The van der Waals surface area contributed by atoms with Crippen molar-refractivity contribution >= 4 is 15.9 Å². The SMILES string of the molecule is CC(=O)c1cccc(S(=O)(=O)Oc2cccc(C#N)c2)c1. The largest absolute Gasteiger partial charge is 0.379 e. The molecule has 0 aliphatic heterocycles. The van der Waals surface area contributed by atoms with Gasteiger partial charge in [-0.3, -0.25) is 4.79 Å². The second kappa shape index (κ2) is 5.77. The Labute approximate surface area is 122 Å². The summed E-state index contributed by atoms with van der Waals surface area (Å²) in [6, 6.07) is 13.3. The summed E-state index contributed by atoms with van der Waals surface area (Å²) in [5, 5.41) is 8.78. The molecule has 0 spiro atoms. The Kier molecular flexibility index (Phi) is 4.05. The van der Waals surface area contributed by atoms with Crippen LogP contribution in [0.4, 0.5) is 0 Å². The van der Waals surface area contributed by atoms with Crippen molar-refractivity contribution in [3.05, 3.63) is 59.7 Å². The average molecular weight is 301 g/mol. The molecule has 2 rings (SSSR count). The van der Waals surface area contributed by atoms with E-state index >= 15 is 0 Å². The molecule has 0 heterocycles. The van der Waals surface area contributed by atoms with Gasteiger partial charge in [0.25, 0.3) is 0 Å². The van der Waals surface area contributed by atoms with Crippen molar-refractivity contribution in [3.63, 3.8) is 0 Å². The van der Waals surface area contributed by atoms with Crippen LogP contribution in [-0.2, 0) is 10.1 Å². The van der Waals surface area contributed by atoms with E-state index in [2.05, 4.69) is 0 Å². The molecule has 21 heavy (non-hydrogen) atoms. The fraction of sp³-hybridized carbons (Fsp3) is 0.0667. The van der Waals surface area contributed by atoms with Crippen LogP contribution in [0.5, 0.6) is 5.75 Å². The molecule has 0 bridgehead atoms. The molecule has 0 unspecified atom stereocenters. The van der Waals surface area contributed by atoms with Crippen LogP contribution in [0.3, 0.4) is 0 Å². The van der Waals surface area contributed by atoms with Crippen LogP contribution in [0.2, 0.25) is 0 Å². The number of rotatable bonds is 4. The molecule has 0 amide bonds. The summed E-state index contributed by atoms with van der Waals surface area (Å²) in [7, 11) is -4.06. The topological polar surface area (TPSA) is 84.2 Å². The fourth-order valence-corrected chi connectivity index (χ4v) is 2.63. The molecule has 6 heteroatoms. The van der Waals surface area contributed by atoms with Gasteiger partial charge >= 0.3 is 10.1 Å². The Bertz CT molecular complexity index is 835. The van der Waals surface area contributed by atoms with Crippen LogP contribution < -0.4 is 4.18 Å². The minimum atomic E-state index is -4.06. The van der Waals surface area contributed by atoms with Crippen LogP contribution in [0, 0.1) is 11.3 Å². The van der Waals surface area contributed by atoms with Crippen molar-refractivity contribution in [3.8, 4) is 11.8 Å². The molecule has 0 saturated heterocycles. The second-order valence-electron chi connectivity index (χ2n) is 4.26. The first kappa shape index (κ1) is 14.8. The molecule has 0 fully saturated rings. The number of Topliss-reactive ketones (excluding diaryl/α,β-unsaturated/α-hetero) is 1. The number of hydrogen-bond acceptors (Lipinski definition) is 5. The molecule has 0 atom stereocenters. The molecular formula is C15H11NO4S. The van der Waals surface area contributed by atoms with Crippen molar-refractivity contribution in [1.82, 2.24) is 0 Å². The van der Waals surface area contributed by atoms with E-state index in [-0.39, 0.29) is 22.0 Å². The van der Waals surface area contributed by atoms with E-state index in [0.29, 0.717) is 5.56 Å². The molecule has 5 nitrogen and oxygen atoms in total. The molecule has 0 aliphatic rings. The summed E-state index contributed by atoms with van der Waals surface area (Å²) in [5.74, 6) is -0.194. The fourth-order valence-electron chi connectivity index (χ4n) is 1.66. The van der Waals surface area contributed by atoms with E-state index < -0.39 is 10.1 Å². The summed E-state index contributed by atoms with van der Waals surface area (Å²) >= 11 is 0. The van der Waals surface area contributed by atoms with Crippen molar-refractivity contribution in [2.24, 2.45) is 0 Å². The Morgan fingerprint density at radius 2 is 1.86 bits per heavy atom. The zero-order valence-electron chi connectivity index (χ0n) is 11.1. The molecule has 2 aromatic rings. The van der Waals surface area contributed by atoms with Crippen molar-refractivity contribution < 1.29 is 17.4 Å². The van der Waals surface area contributed by atoms with Crippen molar-refractivity contribution in [1.29, 1.82) is 5.26 Å². The van der Waals surface area contributed by atoms with Crippen LogP contribution >= 0.6 is 0 Å². The van der Waals surface area contributed by atoms with Gasteiger partial charge < -0.3 is 4.18 Å². The Hall–Kier alpha value is -2.65. The summed E-state index contributed by atoms with van der Waals surface area (Å²) in [4.78, 5) is 11.2. The van der Waals surface area contributed by atoms with Gasteiger partial charge in [0.2, 0.25) is 0 Å². The smallest absolute Gasteiger partial charge is 0.339 e. The number of ketones is 1. The number of carbonyl (C=O) groups is 1. The third-order valence-electron chi connectivity index (χ3n) is 2.70. The first-order valence-electron chi connectivity index (χ1n) is 5.98. The normalized spacial score (nSPS) is 10.7. The number of benzene rings is 2. The first-order valence-corrected chi connectivity index (χ1v) is 7.39. The molecular weight excluding hydrogens is 290 g/mol.